The van der Waals surface area contributed by atoms with Crippen LogP contribution in [-0.2, 0) is 0 Å². The van der Waals surface area contributed by atoms with Gasteiger partial charge in [0.1, 0.15) is 17.2 Å². The molecule has 0 bridgehead atoms. The van der Waals surface area contributed by atoms with Gasteiger partial charge in [0.15, 0.2) is 0 Å². The summed E-state index contributed by atoms with van der Waals surface area (Å²) in [7, 11) is 0. The van der Waals surface area contributed by atoms with Gasteiger partial charge in [-0.15, -0.1) is 5.11 Å². The Balaban J connectivity index is 1.75. The Morgan fingerprint density at radius 2 is 0.951 bits per heavy atom. The zero-order valence-electron chi connectivity index (χ0n) is 26.8. The molecule has 0 amide bonds. The van der Waals surface area contributed by atoms with Crippen molar-refractivity contribution < 1.29 is 9.47 Å². The van der Waals surface area contributed by atoms with Crippen LogP contribution in [0.25, 0.3) is 0 Å². The molecule has 0 unspecified atom stereocenters. The lowest BCUT2D eigenvalue weighted by Gasteiger charge is -2.12. The van der Waals surface area contributed by atoms with E-state index >= 15 is 0 Å². The van der Waals surface area contributed by atoms with Gasteiger partial charge in [-0.1, -0.05) is 147 Å². The molecule has 0 saturated heterocycles. The van der Waals surface area contributed by atoms with Crippen molar-refractivity contribution in [3.8, 4) is 11.5 Å². The summed E-state index contributed by atoms with van der Waals surface area (Å²) in [6.07, 6.45) is 26.5. The Morgan fingerprint density at radius 1 is 0.488 bits per heavy atom. The molecule has 0 aliphatic heterocycles. The van der Waals surface area contributed by atoms with Crippen molar-refractivity contribution in [1.82, 2.24) is 0 Å². The Kier molecular flexibility index (Phi) is 20.6. The minimum Gasteiger partial charge on any atom is -0.493 e. The molecule has 230 valence electrons. The molecule has 0 fully saturated rings. The molecule has 2 aromatic rings. The molecule has 41 heavy (non-hydrogen) atoms. The van der Waals surface area contributed by atoms with E-state index in [-0.39, 0.29) is 0 Å². The van der Waals surface area contributed by atoms with E-state index in [2.05, 4.69) is 43.1 Å². The van der Waals surface area contributed by atoms with Crippen molar-refractivity contribution in [2.45, 2.75) is 149 Å². The van der Waals surface area contributed by atoms with Crippen LogP contribution in [0.4, 0.5) is 11.4 Å². The van der Waals surface area contributed by atoms with Crippen LogP contribution in [0.1, 0.15) is 148 Å². The largest absolute Gasteiger partial charge is 0.493 e. The SMILES string of the molecule is CCCCCCCCCCCCOc1ccc(N=Nc2ccc(C)cc2)c(OCCCCCCCCCCCC)c1. The molecule has 2 aromatic carbocycles. The van der Waals surface area contributed by atoms with Crippen LogP contribution in [0, 0.1) is 6.92 Å². The van der Waals surface area contributed by atoms with Crippen LogP contribution in [0.5, 0.6) is 11.5 Å². The van der Waals surface area contributed by atoms with Gasteiger partial charge < -0.3 is 9.47 Å². The van der Waals surface area contributed by atoms with Crippen LogP contribution in [-0.4, -0.2) is 13.2 Å². The third-order valence-corrected chi connectivity index (χ3v) is 7.76. The molecule has 4 nitrogen and oxygen atoms in total. The molecular weight excluding hydrogens is 504 g/mol. The van der Waals surface area contributed by atoms with E-state index in [0.717, 1.165) is 42.3 Å². The monoisotopic (exact) mass is 564 g/mol. The maximum Gasteiger partial charge on any atom is 0.150 e. The number of benzene rings is 2. The molecule has 0 heterocycles. The highest BCUT2D eigenvalue weighted by Gasteiger charge is 2.07. The summed E-state index contributed by atoms with van der Waals surface area (Å²) in [5.74, 6) is 1.62. The van der Waals surface area contributed by atoms with Crippen molar-refractivity contribution in [1.29, 1.82) is 0 Å². The highest BCUT2D eigenvalue weighted by molar-refractivity contribution is 5.55. The number of unbranched alkanes of at least 4 members (excludes halogenated alkanes) is 18. The Labute approximate surface area is 252 Å². The minimum absolute atomic E-state index is 0.700. The lowest BCUT2D eigenvalue weighted by molar-refractivity contribution is 0.290. The van der Waals surface area contributed by atoms with E-state index in [4.69, 9.17) is 9.47 Å². The Hall–Kier alpha value is -2.36. The molecule has 0 atom stereocenters. The molecule has 2 rings (SSSR count). The molecule has 4 heteroatoms. The maximum atomic E-state index is 6.23. The van der Waals surface area contributed by atoms with E-state index in [9.17, 15) is 0 Å². The first-order valence-corrected chi connectivity index (χ1v) is 17.1. The van der Waals surface area contributed by atoms with Gasteiger partial charge in [0.25, 0.3) is 0 Å². The second-order valence-corrected chi connectivity index (χ2v) is 11.7. The molecule has 0 saturated carbocycles. The van der Waals surface area contributed by atoms with Crippen molar-refractivity contribution in [2.24, 2.45) is 10.2 Å². The van der Waals surface area contributed by atoms with Gasteiger partial charge in [0.05, 0.1) is 18.9 Å². The van der Waals surface area contributed by atoms with Crippen molar-refractivity contribution >= 4 is 11.4 Å². The summed E-state index contributed by atoms with van der Waals surface area (Å²) in [4.78, 5) is 0. The fourth-order valence-electron chi connectivity index (χ4n) is 5.06. The quantitative estimate of drug-likeness (QED) is 0.0842. The van der Waals surface area contributed by atoms with E-state index in [1.165, 1.54) is 121 Å². The number of aryl methyl sites for hydroxylation is 1. The summed E-state index contributed by atoms with van der Waals surface area (Å²) in [5, 5.41) is 8.97. The van der Waals surface area contributed by atoms with Crippen LogP contribution in [0.2, 0.25) is 0 Å². The normalized spacial score (nSPS) is 11.4. The molecule has 0 spiro atoms. The average Bonchev–Trinajstić information content (AvgIpc) is 2.99. The van der Waals surface area contributed by atoms with E-state index < -0.39 is 0 Å². The third-order valence-electron chi connectivity index (χ3n) is 7.76. The standard InChI is InChI=1S/C37H60N2O2/c1-4-6-8-10-12-14-16-18-20-22-30-40-35-28-29-36(39-38-34-26-24-33(3)25-27-34)37(32-35)41-31-23-21-19-17-15-13-11-9-7-5-2/h24-29,32H,4-23,30-31H2,1-3H3. The average molecular weight is 565 g/mol. The second kappa shape index (κ2) is 24.3. The first-order valence-electron chi connectivity index (χ1n) is 17.1. The van der Waals surface area contributed by atoms with E-state index in [1.807, 2.05) is 30.3 Å². The van der Waals surface area contributed by atoms with Gasteiger partial charge in [-0.3, -0.25) is 0 Å². The molecule has 0 aromatic heterocycles. The summed E-state index contributed by atoms with van der Waals surface area (Å²) in [6, 6.07) is 14.1. The van der Waals surface area contributed by atoms with Crippen LogP contribution in [0.3, 0.4) is 0 Å². The van der Waals surface area contributed by atoms with Crippen LogP contribution in [0.15, 0.2) is 52.7 Å². The minimum atomic E-state index is 0.700. The van der Waals surface area contributed by atoms with Crippen molar-refractivity contribution in [3.05, 3.63) is 48.0 Å². The van der Waals surface area contributed by atoms with E-state index in [0.29, 0.717) is 6.61 Å². The zero-order chi connectivity index (χ0) is 29.2. The van der Waals surface area contributed by atoms with Crippen molar-refractivity contribution in [2.75, 3.05) is 13.2 Å². The summed E-state index contributed by atoms with van der Waals surface area (Å²) in [5.41, 5.74) is 2.81. The number of hydrogen-bond donors (Lipinski definition) is 0. The fraction of sp³-hybridized carbons (Fsp3) is 0.676. The molecule has 0 N–H and O–H groups in total. The van der Waals surface area contributed by atoms with Gasteiger partial charge in [-0.2, -0.15) is 5.11 Å². The van der Waals surface area contributed by atoms with Gasteiger partial charge in [0, 0.05) is 6.07 Å². The van der Waals surface area contributed by atoms with Gasteiger partial charge in [-0.05, 0) is 44.0 Å². The predicted molar refractivity (Wildman–Crippen MR) is 176 cm³/mol. The first-order chi connectivity index (χ1) is 20.2. The summed E-state index contributed by atoms with van der Waals surface area (Å²) >= 11 is 0. The lowest BCUT2D eigenvalue weighted by Crippen LogP contribution is -2.00. The Bertz CT molecular complexity index is 910. The fourth-order valence-corrected chi connectivity index (χ4v) is 5.06. The predicted octanol–water partition coefficient (Wildman–Crippen LogP) is 13.0. The maximum absolute atomic E-state index is 6.23. The molecule has 0 aliphatic carbocycles. The number of hydrogen-bond acceptors (Lipinski definition) is 4. The number of nitrogens with zero attached hydrogens (tertiary/aromatic N) is 2. The van der Waals surface area contributed by atoms with Crippen LogP contribution >= 0.6 is 0 Å². The van der Waals surface area contributed by atoms with Gasteiger partial charge in [-0.25, -0.2) is 0 Å². The molecular formula is C37H60N2O2. The van der Waals surface area contributed by atoms with Crippen LogP contribution < -0.4 is 9.47 Å². The number of azo groups is 1. The topological polar surface area (TPSA) is 43.2 Å². The number of ether oxygens (including phenoxy) is 2. The molecule has 0 aliphatic rings. The summed E-state index contributed by atoms with van der Waals surface area (Å²) in [6.45, 7) is 8.08. The lowest BCUT2D eigenvalue weighted by atomic mass is 10.1. The second-order valence-electron chi connectivity index (χ2n) is 11.7. The zero-order valence-corrected chi connectivity index (χ0v) is 26.8. The van der Waals surface area contributed by atoms with Crippen molar-refractivity contribution in [3.63, 3.8) is 0 Å². The highest BCUT2D eigenvalue weighted by atomic mass is 16.5. The first kappa shape index (κ1) is 34.8. The third kappa shape index (κ3) is 17.9. The van der Waals surface area contributed by atoms with E-state index in [1.54, 1.807) is 0 Å². The highest BCUT2D eigenvalue weighted by Crippen LogP contribution is 2.33. The van der Waals surface area contributed by atoms with Gasteiger partial charge in [0.2, 0.25) is 0 Å². The number of rotatable bonds is 26. The smallest absolute Gasteiger partial charge is 0.150 e. The molecule has 0 radical (unpaired) electrons. The summed E-state index contributed by atoms with van der Waals surface area (Å²) < 4.78 is 12.3. The Morgan fingerprint density at radius 3 is 1.46 bits per heavy atom. The van der Waals surface area contributed by atoms with Gasteiger partial charge >= 0.3 is 0 Å².